The second kappa shape index (κ2) is 9.00. The Bertz CT molecular complexity index is 1070. The highest BCUT2D eigenvalue weighted by Crippen LogP contribution is 2.33. The average molecular weight is 434 g/mol. The molecule has 0 radical (unpaired) electrons. The summed E-state index contributed by atoms with van der Waals surface area (Å²) in [5, 5.41) is 16.4. The Morgan fingerprint density at radius 1 is 1.16 bits per heavy atom. The molecular weight excluding hydrogens is 402 g/mol. The fraction of sp³-hybridized carbons (Fsp3) is 0.480. The molecule has 2 N–H and O–H groups in total. The topological polar surface area (TPSA) is 81.1 Å². The van der Waals surface area contributed by atoms with Crippen LogP contribution in [0.3, 0.4) is 0 Å². The van der Waals surface area contributed by atoms with Crippen LogP contribution < -0.4 is 16.0 Å². The highest BCUT2D eigenvalue weighted by Gasteiger charge is 2.39. The van der Waals surface area contributed by atoms with E-state index in [1.54, 1.807) is 6.20 Å². The minimum Gasteiger partial charge on any atom is -0.388 e. The molecule has 2 atom stereocenters. The van der Waals surface area contributed by atoms with Crippen LogP contribution >= 0.6 is 0 Å². The van der Waals surface area contributed by atoms with E-state index < -0.39 is 5.60 Å². The standard InChI is InChI=1S/C25H31N5O2/c31-24(20-8-12-26-15-21(20)19-5-2-1-3-6-19)30-13-9-25(32,10-14-30)17-29-16-23-22(28-18-29)7-4-11-27-23/h1-7,11,16,20-21,26,32H,8-10,12-15,17-18H2/t20-,21+/m0/s1. The number of hydrogen-bond acceptors (Lipinski definition) is 6. The first-order valence-corrected chi connectivity index (χ1v) is 11.6. The second-order valence-corrected chi connectivity index (χ2v) is 9.25. The zero-order valence-electron chi connectivity index (χ0n) is 18.4. The third kappa shape index (κ3) is 4.40. The molecule has 7 nitrogen and oxygen atoms in total. The van der Waals surface area contributed by atoms with E-state index in [0.717, 1.165) is 30.2 Å². The van der Waals surface area contributed by atoms with Gasteiger partial charge in [0.1, 0.15) is 12.0 Å². The normalized spacial score (nSPS) is 24.8. The molecule has 1 aromatic heterocycles. The molecule has 168 valence electrons. The van der Waals surface area contributed by atoms with Gasteiger partial charge in [0.05, 0.1) is 11.0 Å². The number of benzene rings is 1. The van der Waals surface area contributed by atoms with Crippen LogP contribution in [0.5, 0.6) is 0 Å². The Morgan fingerprint density at radius 2 is 1.97 bits per heavy atom. The lowest BCUT2D eigenvalue weighted by atomic mass is 9.80. The van der Waals surface area contributed by atoms with E-state index in [1.165, 1.54) is 5.56 Å². The van der Waals surface area contributed by atoms with Crippen LogP contribution in [-0.4, -0.2) is 70.8 Å². The van der Waals surface area contributed by atoms with Crippen molar-refractivity contribution in [3.8, 4) is 0 Å². The van der Waals surface area contributed by atoms with Crippen LogP contribution in [0.15, 0.2) is 53.7 Å². The fourth-order valence-electron chi connectivity index (χ4n) is 5.24. The molecule has 0 unspecified atom stereocenters. The minimum atomic E-state index is -0.817. The Labute approximate surface area is 188 Å². The van der Waals surface area contributed by atoms with Gasteiger partial charge in [-0.1, -0.05) is 30.3 Å². The predicted octanol–water partition coefficient (Wildman–Crippen LogP) is 0.459. The summed E-state index contributed by atoms with van der Waals surface area (Å²) in [7, 11) is 0. The minimum absolute atomic E-state index is 0.00152. The van der Waals surface area contributed by atoms with Crippen molar-refractivity contribution in [1.29, 1.82) is 0 Å². The van der Waals surface area contributed by atoms with E-state index in [4.69, 9.17) is 0 Å². The summed E-state index contributed by atoms with van der Waals surface area (Å²) in [6.07, 6.45) is 5.77. The molecule has 0 saturated carbocycles. The molecule has 2 saturated heterocycles. The van der Waals surface area contributed by atoms with Crippen LogP contribution in [0.4, 0.5) is 0 Å². The van der Waals surface area contributed by atoms with Crippen molar-refractivity contribution in [2.24, 2.45) is 10.9 Å². The van der Waals surface area contributed by atoms with Crippen LogP contribution in [0, 0.1) is 5.92 Å². The van der Waals surface area contributed by atoms with Crippen LogP contribution in [0.2, 0.25) is 0 Å². The molecule has 7 heteroatoms. The maximum absolute atomic E-state index is 13.5. The van der Waals surface area contributed by atoms with Crippen molar-refractivity contribution in [3.05, 3.63) is 64.9 Å². The molecule has 0 spiro atoms. The van der Waals surface area contributed by atoms with Gasteiger partial charge in [-0.25, -0.2) is 0 Å². The van der Waals surface area contributed by atoms with Crippen molar-refractivity contribution in [1.82, 2.24) is 20.1 Å². The van der Waals surface area contributed by atoms with Crippen molar-refractivity contribution < 1.29 is 9.90 Å². The number of aliphatic hydroxyl groups is 1. The molecule has 0 aliphatic carbocycles. The number of pyridine rings is 1. The number of β-amino-alcohol motifs (C(OH)–C–C–N with tert-alkyl or cyclic N) is 1. The Morgan fingerprint density at radius 3 is 2.78 bits per heavy atom. The smallest absolute Gasteiger partial charge is 0.226 e. The van der Waals surface area contributed by atoms with E-state index in [0.29, 0.717) is 39.1 Å². The highest BCUT2D eigenvalue weighted by molar-refractivity contribution is 5.80. The number of amides is 1. The summed E-state index contributed by atoms with van der Waals surface area (Å²) in [6, 6.07) is 14.2. The van der Waals surface area contributed by atoms with Gasteiger partial charge in [0.2, 0.25) is 5.91 Å². The van der Waals surface area contributed by atoms with Gasteiger partial charge in [-0.15, -0.1) is 0 Å². The number of hydrogen-bond donors (Lipinski definition) is 2. The van der Waals surface area contributed by atoms with Gasteiger partial charge in [-0.05, 0) is 43.5 Å². The highest BCUT2D eigenvalue weighted by atomic mass is 16.3. The maximum Gasteiger partial charge on any atom is 0.226 e. The van der Waals surface area contributed by atoms with Crippen LogP contribution in [0.1, 0.15) is 30.7 Å². The molecule has 0 bridgehead atoms. The third-order valence-electron chi connectivity index (χ3n) is 7.07. The summed E-state index contributed by atoms with van der Waals surface area (Å²) >= 11 is 0. The first kappa shape index (κ1) is 21.1. The number of fused-ring (bicyclic) bond motifs is 1. The predicted molar refractivity (Wildman–Crippen MR) is 122 cm³/mol. The first-order chi connectivity index (χ1) is 15.6. The van der Waals surface area contributed by atoms with E-state index in [2.05, 4.69) is 27.4 Å². The summed E-state index contributed by atoms with van der Waals surface area (Å²) in [5.41, 5.74) is 0.409. The van der Waals surface area contributed by atoms with Gasteiger partial charge in [-0.2, -0.15) is 0 Å². The number of rotatable bonds is 4. The van der Waals surface area contributed by atoms with Gasteiger partial charge in [-0.3, -0.25) is 14.8 Å². The quantitative estimate of drug-likeness (QED) is 0.732. The molecule has 32 heavy (non-hydrogen) atoms. The number of nitrogens with zero attached hydrogens (tertiary/aromatic N) is 4. The summed E-state index contributed by atoms with van der Waals surface area (Å²) < 4.78 is 0. The number of aromatic nitrogens is 1. The van der Waals surface area contributed by atoms with Crippen LogP contribution in [0.25, 0.3) is 6.20 Å². The van der Waals surface area contributed by atoms with E-state index in [1.807, 2.05) is 46.3 Å². The number of piperidine rings is 2. The molecule has 1 amide bonds. The number of carbonyl (C=O) groups excluding carboxylic acids is 1. The fourth-order valence-corrected chi connectivity index (χ4v) is 5.24. The Hall–Kier alpha value is -2.77. The molecule has 3 aliphatic rings. The van der Waals surface area contributed by atoms with Crippen LogP contribution in [-0.2, 0) is 4.79 Å². The van der Waals surface area contributed by atoms with Crippen molar-refractivity contribution in [2.45, 2.75) is 30.8 Å². The van der Waals surface area contributed by atoms with Gasteiger partial charge in [0, 0.05) is 50.4 Å². The van der Waals surface area contributed by atoms with E-state index >= 15 is 0 Å². The Balaban J connectivity index is 1.22. The summed E-state index contributed by atoms with van der Waals surface area (Å²) in [6.45, 7) is 3.94. The van der Waals surface area contributed by atoms with Gasteiger partial charge >= 0.3 is 0 Å². The lowest BCUT2D eigenvalue weighted by molar-refractivity contribution is -0.141. The zero-order chi connectivity index (χ0) is 22.0. The van der Waals surface area contributed by atoms with Crippen molar-refractivity contribution >= 4 is 12.1 Å². The lowest BCUT2D eigenvalue weighted by Crippen LogP contribution is -2.54. The molecule has 1 aromatic carbocycles. The summed E-state index contributed by atoms with van der Waals surface area (Å²) in [4.78, 5) is 26.4. The Kier molecular flexibility index (Phi) is 5.93. The zero-order valence-corrected chi connectivity index (χ0v) is 18.4. The van der Waals surface area contributed by atoms with Crippen molar-refractivity contribution in [3.63, 3.8) is 0 Å². The SMILES string of the molecule is O=C([C@H]1CCNC[C@@H]1c1ccccc1)N1CCC(O)(CN2C=c3ncccc3=NC2)CC1. The third-order valence-corrected chi connectivity index (χ3v) is 7.07. The van der Waals surface area contributed by atoms with Gasteiger partial charge in [0.15, 0.2) is 0 Å². The molecule has 5 rings (SSSR count). The molecule has 2 aromatic rings. The van der Waals surface area contributed by atoms with Gasteiger partial charge < -0.3 is 20.2 Å². The maximum atomic E-state index is 13.5. The lowest BCUT2D eigenvalue weighted by Gasteiger charge is -2.43. The largest absolute Gasteiger partial charge is 0.388 e. The first-order valence-electron chi connectivity index (χ1n) is 11.6. The van der Waals surface area contributed by atoms with E-state index in [9.17, 15) is 9.90 Å². The van der Waals surface area contributed by atoms with Gasteiger partial charge in [0.25, 0.3) is 0 Å². The molecule has 3 aliphatic heterocycles. The number of carbonyl (C=O) groups is 1. The monoisotopic (exact) mass is 433 g/mol. The average Bonchev–Trinajstić information content (AvgIpc) is 2.84. The van der Waals surface area contributed by atoms with E-state index in [-0.39, 0.29) is 17.7 Å². The molecule has 2 fully saturated rings. The molecule has 4 heterocycles. The summed E-state index contributed by atoms with van der Waals surface area (Å²) in [5.74, 6) is 0.442. The molecular formula is C25H31N5O2. The second-order valence-electron chi connectivity index (χ2n) is 9.25. The number of nitrogens with one attached hydrogen (secondary N) is 1. The number of likely N-dealkylation sites (tertiary alicyclic amines) is 1. The van der Waals surface area contributed by atoms with Crippen molar-refractivity contribution in [2.75, 3.05) is 39.4 Å².